The summed E-state index contributed by atoms with van der Waals surface area (Å²) in [5.41, 5.74) is 6.76. The molecule has 19 atom stereocenters. The lowest BCUT2D eigenvalue weighted by atomic mass is 10.2. The van der Waals surface area contributed by atoms with E-state index in [9.17, 15) is 9.59 Å². The molecule has 0 bridgehead atoms. The molecule has 1 rings (SSSR count). The van der Waals surface area contributed by atoms with Gasteiger partial charge in [-0.3, -0.25) is 4.79 Å². The largest absolute Gasteiger partial charge is 0.466 e. The number of thiocarbonyl (C=S) groups is 3. The van der Waals surface area contributed by atoms with Crippen LogP contribution in [0.5, 0.6) is 0 Å². The molecule has 0 radical (unpaired) electrons. The number of alkyl halides is 1. The summed E-state index contributed by atoms with van der Waals surface area (Å²) in [5, 5.41) is 21.8. The first-order valence-corrected chi connectivity index (χ1v) is 51.6. The minimum Gasteiger partial charge on any atom is -0.466 e. The summed E-state index contributed by atoms with van der Waals surface area (Å²) in [4.78, 5) is 60.6. The van der Waals surface area contributed by atoms with E-state index in [4.69, 9.17) is 54.2 Å². The third-order valence-corrected chi connectivity index (χ3v) is 78.8. The summed E-state index contributed by atoms with van der Waals surface area (Å²) in [6.07, 6.45) is 1.99. The van der Waals surface area contributed by atoms with Crippen molar-refractivity contribution in [2.75, 3.05) is 25.8 Å². The lowest BCUT2D eigenvalue weighted by molar-refractivity contribution is -0.193. The van der Waals surface area contributed by atoms with Crippen molar-refractivity contribution >= 4 is 254 Å². The molecule has 67 heavy (non-hydrogen) atoms. The van der Waals surface area contributed by atoms with E-state index in [2.05, 4.69) is 139 Å². The minimum absolute atomic E-state index is 0. The van der Waals surface area contributed by atoms with Crippen LogP contribution in [0, 0.1) is 6.92 Å². The summed E-state index contributed by atoms with van der Waals surface area (Å²) in [5.74, 6) is 0.264. The molecule has 404 valence electrons. The average Bonchev–Trinajstić information content (AvgIpc) is 3.56. The molecule has 36 heteroatoms. The fourth-order valence-electron chi connectivity index (χ4n) is 2.21. The Kier molecular flexibility index (Phi) is 121. The Bertz CT molecular complexity index is 1370. The van der Waals surface area contributed by atoms with Gasteiger partial charge in [0, 0.05) is 48.0 Å². The van der Waals surface area contributed by atoms with E-state index in [-0.39, 0.29) is 123 Å². The van der Waals surface area contributed by atoms with Crippen molar-refractivity contribution in [1.29, 1.82) is 0 Å². The van der Waals surface area contributed by atoms with E-state index < -0.39 is 7.45 Å². The van der Waals surface area contributed by atoms with Crippen LogP contribution in [-0.2, 0) is 35.1 Å². The molecular formula is C31H86BrN5O8P18S4. The van der Waals surface area contributed by atoms with Gasteiger partial charge in [0.15, 0.2) is 10.2 Å². The standard InChI is InChI=1S/C8H19N3P6S2.C5H9BrO.C3H13NP6S.C3H8O.C2H11NO2P6.C2H2S.2CO2.6CH4/c1-4-6-5(2)9-8(19-6)10-7(18)11-16(15-12)17(13)14-3;1-3-5(7)4(2)6;1-3(11)4-9(8-5)10(6)7-2;1-3(2)4;1-5-2(4)8-11(7)10(3)9-6;1-2-3;2*2-1-3;;;;;;/h14-15H,4,12-13H2,1-3H3,(H2,9,10,11,18);4H,3H2,1-2H3;7-8H,5-6H2,1-2H3,(H,4,11);3-4H,1-2H3;8-9H,3,6-7H2,1H3;1H2;;;6*1H4. The summed E-state index contributed by atoms with van der Waals surface area (Å²) >= 11 is 19.3. The number of rotatable bonds is 16. The van der Waals surface area contributed by atoms with Crippen molar-refractivity contribution in [3.05, 3.63) is 17.2 Å². The number of methoxy groups -OCH3 is 1. The summed E-state index contributed by atoms with van der Waals surface area (Å²) in [7, 11) is 22.3. The fourth-order valence-corrected chi connectivity index (χ4v) is 73.0. The minimum atomic E-state index is -0.448. The van der Waals surface area contributed by atoms with E-state index in [0.29, 0.717) is 19.5 Å². The molecule has 0 aliphatic rings. The van der Waals surface area contributed by atoms with Crippen molar-refractivity contribution in [1.82, 2.24) is 15.2 Å². The van der Waals surface area contributed by atoms with E-state index in [1.807, 2.05) is 27.7 Å². The second-order valence-electron chi connectivity index (χ2n) is 9.40. The van der Waals surface area contributed by atoms with Gasteiger partial charge in [0.1, 0.15) is 5.78 Å². The Morgan fingerprint density at radius 2 is 1.25 bits per heavy atom. The zero-order valence-electron chi connectivity index (χ0n) is 35.3. The number of carbonyl (C=O) groups excluding carboxylic acids is 6. The van der Waals surface area contributed by atoms with E-state index in [0.717, 1.165) is 54.7 Å². The molecule has 0 aliphatic carbocycles. The number of halogens is 1. The SMILES string of the molecule is C.C.C.C.C.C.C=C=S.CC(C)O.CCC(=O)C(C)Br.CCc1sc(NC(=S)NP(PP)P(P)PC)nc1C.COC(=O)PP(P)P(N)PP.CPP(P)P(NC(C)=S)PP.O=C=O.O=C=O. The fraction of sp³-hybridized carbons (Fsp3) is 0.645. The molecule has 0 spiro atoms. The molecule has 0 aliphatic heterocycles. The number of aromatic nitrogens is 1. The number of Topliss-reactive ketones (excluding diaryl/α,β-unsaturated/α-hetero) is 1. The summed E-state index contributed by atoms with van der Waals surface area (Å²) in [6.45, 7) is 20.6. The molecule has 0 saturated carbocycles. The van der Waals surface area contributed by atoms with Crippen LogP contribution in [0.2, 0.25) is 0 Å². The number of ether oxygens (including phenoxy) is 1. The lowest BCUT2D eigenvalue weighted by Gasteiger charge is -2.23. The number of thiazole rings is 1. The number of aryl methyl sites for hydroxylation is 2. The average molecular weight is 1420 g/mol. The monoisotopic (exact) mass is 1420 g/mol. The number of nitrogens with zero attached hydrogens (tertiary/aromatic N) is 1. The first-order chi connectivity index (χ1) is 28.4. The van der Waals surface area contributed by atoms with Gasteiger partial charge in [-0.05, 0) is 106 Å². The van der Waals surface area contributed by atoms with Crippen LogP contribution in [0.3, 0.4) is 0 Å². The third kappa shape index (κ3) is 80.1. The Labute approximate surface area is 468 Å². The van der Waals surface area contributed by atoms with Gasteiger partial charge in [-0.15, -0.1) is 64.9 Å². The van der Waals surface area contributed by atoms with Crippen molar-refractivity contribution in [3.63, 3.8) is 0 Å². The van der Waals surface area contributed by atoms with Gasteiger partial charge in [-0.1, -0.05) is 132 Å². The topological polar surface area (TPSA) is 207 Å². The summed E-state index contributed by atoms with van der Waals surface area (Å²) < 4.78 is 4.54. The van der Waals surface area contributed by atoms with Crippen molar-refractivity contribution < 1.29 is 38.6 Å². The molecule has 6 N–H and O–H groups in total. The van der Waals surface area contributed by atoms with Gasteiger partial charge in [-0.2, -0.15) is 19.2 Å². The zero-order valence-corrected chi connectivity index (χ0v) is 58.4. The maximum absolute atomic E-state index is 10.8. The molecule has 0 saturated heterocycles. The summed E-state index contributed by atoms with van der Waals surface area (Å²) in [6, 6.07) is 0. The molecule has 19 unspecified atom stereocenters. The van der Waals surface area contributed by atoms with Crippen LogP contribution in [0.1, 0.15) is 103 Å². The van der Waals surface area contributed by atoms with E-state index in [1.54, 1.807) is 25.2 Å². The van der Waals surface area contributed by atoms with Crippen LogP contribution in [0.15, 0.2) is 6.58 Å². The Balaban J connectivity index is -0.0000000488. The molecule has 0 amide bonds. The molecule has 1 aromatic heterocycles. The van der Waals surface area contributed by atoms with Crippen LogP contribution < -0.4 is 21.0 Å². The number of anilines is 1. The highest BCUT2D eigenvalue weighted by molar-refractivity contribution is 9.10. The number of ketones is 1. The number of hydrogen-bond donors (Lipinski definition) is 5. The number of hydrogen-bond acceptors (Lipinski definition) is 14. The number of nitrogens with two attached hydrogens (primary N) is 1. The second-order valence-corrected chi connectivity index (χ2v) is 68.6. The third-order valence-electron chi connectivity index (χ3n) is 4.59. The maximum atomic E-state index is 10.8. The highest BCUT2D eigenvalue weighted by Gasteiger charge is 2.17. The Morgan fingerprint density at radius 3 is 1.48 bits per heavy atom. The molecule has 1 heterocycles. The predicted molar refractivity (Wildman–Crippen MR) is 375 cm³/mol. The second kappa shape index (κ2) is 77.6. The Morgan fingerprint density at radius 1 is 0.896 bits per heavy atom. The normalized spacial score (nSPS) is 12.5. The van der Waals surface area contributed by atoms with Crippen molar-refractivity contribution in [3.8, 4) is 0 Å². The predicted octanol–water partition coefficient (Wildman–Crippen LogP) is 18.4. The zero-order chi connectivity index (χ0) is 49.7. The van der Waals surface area contributed by atoms with E-state index >= 15 is 0 Å². The van der Waals surface area contributed by atoms with Crippen LogP contribution in [0.25, 0.3) is 0 Å². The number of aliphatic hydroxyl groups excluding tert-OH is 1. The van der Waals surface area contributed by atoms with Crippen molar-refractivity contribution in [2.45, 2.75) is 117 Å². The number of aliphatic hydroxyl groups is 1. The molecular weight excluding hydrogens is 1340 g/mol. The highest BCUT2D eigenvalue weighted by atomic mass is 79.9. The number of nitrogens with one attached hydrogen (secondary N) is 3. The van der Waals surface area contributed by atoms with Gasteiger partial charge in [0.05, 0.1) is 22.6 Å². The molecule has 13 nitrogen and oxygen atoms in total. The van der Waals surface area contributed by atoms with Gasteiger partial charge in [-0.25, -0.2) is 9.78 Å². The van der Waals surface area contributed by atoms with Gasteiger partial charge in [0.2, 0.25) is 0 Å². The molecule has 1 aromatic rings. The number of carbonyl (C=O) groups is 2. The van der Waals surface area contributed by atoms with Gasteiger partial charge >= 0.3 is 18.0 Å². The maximum Gasteiger partial charge on any atom is 0.373 e. The van der Waals surface area contributed by atoms with E-state index in [1.165, 1.54) is 12.0 Å². The lowest BCUT2D eigenvalue weighted by Crippen LogP contribution is -2.22. The first kappa shape index (κ1) is 104. The highest BCUT2D eigenvalue weighted by Crippen LogP contribution is 2.90. The van der Waals surface area contributed by atoms with Crippen LogP contribution in [-0.4, -0.2) is 80.4 Å². The van der Waals surface area contributed by atoms with Crippen LogP contribution >= 0.6 is 209 Å². The smallest absolute Gasteiger partial charge is 0.373 e. The van der Waals surface area contributed by atoms with Crippen molar-refractivity contribution in [2.24, 2.45) is 5.50 Å². The van der Waals surface area contributed by atoms with Crippen LogP contribution in [0.4, 0.5) is 9.93 Å². The first-order valence-electron chi connectivity index (χ1n) is 16.1. The Hall–Kier alpha value is 5.12. The van der Waals surface area contributed by atoms with Gasteiger partial charge in [0.25, 0.3) is 0 Å². The molecule has 0 aromatic carbocycles. The van der Waals surface area contributed by atoms with Gasteiger partial charge < -0.3 is 30.8 Å². The molecule has 0 fully saturated rings. The quantitative estimate of drug-likeness (QED) is 0.0593.